The maximum absolute atomic E-state index is 11.0. The highest BCUT2D eigenvalue weighted by atomic mass is 32.2. The molecule has 2 N–H and O–H groups in total. The number of ether oxygens (including phenoxy) is 1. The number of thioether (sulfide) groups is 1. The van der Waals surface area contributed by atoms with Crippen LogP contribution in [0.3, 0.4) is 0 Å². The molecule has 0 heterocycles. The van der Waals surface area contributed by atoms with E-state index in [1.54, 1.807) is 24.3 Å². The van der Waals surface area contributed by atoms with Crippen molar-refractivity contribution in [2.24, 2.45) is 0 Å². The number of carboxylic acid groups (broad SMARTS) is 2. The van der Waals surface area contributed by atoms with E-state index >= 15 is 0 Å². The highest BCUT2D eigenvalue weighted by Gasteiger charge is 2.11. The van der Waals surface area contributed by atoms with E-state index in [4.69, 9.17) is 14.9 Å². The summed E-state index contributed by atoms with van der Waals surface area (Å²) in [5, 5.41) is 20.6. The van der Waals surface area contributed by atoms with Gasteiger partial charge in [0.15, 0.2) is 0 Å². The smallest absolute Gasteiger partial charge is 0.335 e. The molecule has 6 heteroatoms. The van der Waals surface area contributed by atoms with Crippen LogP contribution in [0.1, 0.15) is 20.7 Å². The Bertz CT molecular complexity index is 727. The summed E-state index contributed by atoms with van der Waals surface area (Å²) in [6, 6.07) is 12.8. The molecule has 22 heavy (non-hydrogen) atoms. The zero-order valence-corrected chi connectivity index (χ0v) is 12.0. The number of benzene rings is 2. The van der Waals surface area contributed by atoms with Crippen molar-refractivity contribution >= 4 is 23.7 Å². The Hall–Kier alpha value is -2.91. The predicted molar refractivity (Wildman–Crippen MR) is 81.1 cm³/mol. The van der Waals surface area contributed by atoms with Crippen LogP contribution in [-0.4, -0.2) is 22.2 Å². The molecule has 110 valence electrons. The molecule has 0 amide bonds. The van der Waals surface area contributed by atoms with Crippen LogP contribution in [0, 0.1) is 11.4 Å². The lowest BCUT2D eigenvalue weighted by Gasteiger charge is -2.01. The minimum absolute atomic E-state index is 0.104. The van der Waals surface area contributed by atoms with Gasteiger partial charge in [-0.2, -0.15) is 0 Å². The first-order chi connectivity index (χ1) is 10.6. The molecule has 0 saturated heterocycles. The van der Waals surface area contributed by atoms with E-state index < -0.39 is 11.9 Å². The predicted octanol–water partition coefficient (Wildman–Crippen LogP) is 3.17. The lowest BCUT2D eigenvalue weighted by molar-refractivity contribution is 0.0696. The summed E-state index contributed by atoms with van der Waals surface area (Å²) in [6.45, 7) is 0. The van der Waals surface area contributed by atoms with Gasteiger partial charge in [0.25, 0.3) is 0 Å². The molecule has 0 aliphatic carbocycles. The first-order valence-electron chi connectivity index (χ1n) is 6.06. The summed E-state index contributed by atoms with van der Waals surface area (Å²) in [5.41, 5.74) is -0.207. The number of aromatic carboxylic acids is 2. The van der Waals surface area contributed by atoms with Crippen LogP contribution >= 0.6 is 11.8 Å². The molecular weight excluding hydrogens is 304 g/mol. The van der Waals surface area contributed by atoms with Gasteiger partial charge in [-0.15, -0.1) is 0 Å². The van der Waals surface area contributed by atoms with Gasteiger partial charge < -0.3 is 14.9 Å². The maximum Gasteiger partial charge on any atom is 0.335 e. The number of para-hydroxylation sites is 1. The molecule has 0 atom stereocenters. The summed E-state index contributed by atoms with van der Waals surface area (Å²) in [5.74, 6) is -1.81. The van der Waals surface area contributed by atoms with E-state index in [2.05, 4.69) is 11.4 Å². The second-order valence-electron chi connectivity index (χ2n) is 4.08. The fourth-order valence-electron chi connectivity index (χ4n) is 1.55. The van der Waals surface area contributed by atoms with Crippen LogP contribution in [-0.2, 0) is 0 Å². The van der Waals surface area contributed by atoms with E-state index in [9.17, 15) is 9.59 Å². The normalized spacial score (nSPS) is 9.45. The Morgan fingerprint density at radius 2 is 1.55 bits per heavy atom. The minimum Gasteiger partial charge on any atom is -0.478 e. The van der Waals surface area contributed by atoms with E-state index in [-0.39, 0.29) is 11.1 Å². The Balaban J connectivity index is 2.12. The third-order valence-corrected chi connectivity index (χ3v) is 3.18. The fraction of sp³-hybridized carbons (Fsp3) is 0. The molecular formula is C16H10O5S. The van der Waals surface area contributed by atoms with E-state index in [1.165, 1.54) is 12.1 Å². The summed E-state index contributed by atoms with van der Waals surface area (Å²) in [6.07, 6.45) is 2.47. The van der Waals surface area contributed by atoms with Crippen molar-refractivity contribution in [3.05, 3.63) is 59.7 Å². The number of rotatable bonds is 4. The average Bonchev–Trinajstić information content (AvgIpc) is 2.52. The molecule has 5 nitrogen and oxygen atoms in total. The van der Waals surface area contributed by atoms with E-state index in [0.29, 0.717) is 10.6 Å². The van der Waals surface area contributed by atoms with Crippen molar-refractivity contribution in [2.45, 2.75) is 4.90 Å². The largest absolute Gasteiger partial charge is 0.478 e. The molecule has 2 aromatic carbocycles. The standard InChI is InChI=1S/C16H10O5S/c17-15(18)11-8-12(16(19)20)10-14(9-11)22-7-6-21-13-4-2-1-3-5-13/h1-5,8-10H,(H,17,18)(H,19,20). The average molecular weight is 314 g/mol. The van der Waals surface area contributed by atoms with Gasteiger partial charge in [0, 0.05) is 10.1 Å². The summed E-state index contributed by atoms with van der Waals surface area (Å²) in [4.78, 5) is 22.4. The molecule has 0 unspecified atom stereocenters. The van der Waals surface area contributed by atoms with Crippen LogP contribution in [0.5, 0.6) is 5.75 Å². The van der Waals surface area contributed by atoms with Gasteiger partial charge in [-0.3, -0.25) is 0 Å². The van der Waals surface area contributed by atoms with E-state index in [1.807, 2.05) is 6.07 Å². The van der Waals surface area contributed by atoms with Gasteiger partial charge in [0.1, 0.15) is 11.9 Å². The number of hydrogen-bond acceptors (Lipinski definition) is 4. The third kappa shape index (κ3) is 4.30. The van der Waals surface area contributed by atoms with Crippen molar-refractivity contribution in [2.75, 3.05) is 0 Å². The quantitative estimate of drug-likeness (QED) is 0.666. The molecule has 0 saturated carbocycles. The monoisotopic (exact) mass is 314 g/mol. The summed E-state index contributed by atoms with van der Waals surface area (Å²) >= 11 is 0.990. The molecule has 0 spiro atoms. The molecule has 2 rings (SSSR count). The minimum atomic E-state index is -1.20. The van der Waals surface area contributed by atoms with Crippen LogP contribution < -0.4 is 4.74 Å². The van der Waals surface area contributed by atoms with Crippen LogP contribution in [0.4, 0.5) is 0 Å². The number of hydrogen-bond donors (Lipinski definition) is 2. The highest BCUT2D eigenvalue weighted by Crippen LogP contribution is 2.21. The Labute approximate surface area is 130 Å². The van der Waals surface area contributed by atoms with Gasteiger partial charge in [0.05, 0.1) is 11.1 Å². The molecule has 2 aromatic rings. The lowest BCUT2D eigenvalue weighted by atomic mass is 10.1. The maximum atomic E-state index is 11.0. The van der Waals surface area contributed by atoms with Gasteiger partial charge in [-0.1, -0.05) is 18.2 Å². The first kappa shape index (κ1) is 15.5. The second-order valence-corrected chi connectivity index (χ2v) is 4.96. The van der Waals surface area contributed by atoms with Crippen molar-refractivity contribution < 1.29 is 24.5 Å². The van der Waals surface area contributed by atoms with Crippen LogP contribution in [0.15, 0.2) is 53.4 Å². The zero-order valence-electron chi connectivity index (χ0n) is 11.1. The van der Waals surface area contributed by atoms with Crippen molar-refractivity contribution in [1.29, 1.82) is 0 Å². The van der Waals surface area contributed by atoms with Gasteiger partial charge in [0.2, 0.25) is 0 Å². The van der Waals surface area contributed by atoms with Gasteiger partial charge in [-0.05, 0) is 42.1 Å². The summed E-state index contributed by atoms with van der Waals surface area (Å²) < 4.78 is 5.17. The van der Waals surface area contributed by atoms with Gasteiger partial charge >= 0.3 is 11.9 Å². The highest BCUT2D eigenvalue weighted by molar-refractivity contribution is 8.03. The van der Waals surface area contributed by atoms with Gasteiger partial charge in [-0.25, -0.2) is 9.59 Å². The third-order valence-electron chi connectivity index (χ3n) is 2.52. The second kappa shape index (κ2) is 7.20. The molecule has 0 radical (unpaired) electrons. The van der Waals surface area contributed by atoms with Crippen molar-refractivity contribution in [3.63, 3.8) is 0 Å². The Kier molecular flexibility index (Phi) is 5.07. The Morgan fingerprint density at radius 1 is 0.955 bits per heavy atom. The topological polar surface area (TPSA) is 83.8 Å². The fourth-order valence-corrected chi connectivity index (χ4v) is 2.13. The van der Waals surface area contributed by atoms with Crippen LogP contribution in [0.25, 0.3) is 0 Å². The number of carboxylic acids is 2. The number of carbonyl (C=O) groups is 2. The first-order valence-corrected chi connectivity index (χ1v) is 6.88. The zero-order chi connectivity index (χ0) is 15.9. The molecule has 0 fully saturated rings. The lowest BCUT2D eigenvalue weighted by Crippen LogP contribution is -2.02. The van der Waals surface area contributed by atoms with Crippen molar-refractivity contribution in [1.82, 2.24) is 0 Å². The van der Waals surface area contributed by atoms with E-state index in [0.717, 1.165) is 17.8 Å². The van der Waals surface area contributed by atoms with Crippen LogP contribution in [0.2, 0.25) is 0 Å². The molecule has 0 bridgehead atoms. The summed E-state index contributed by atoms with van der Waals surface area (Å²) in [7, 11) is 0. The molecule has 0 aliphatic heterocycles. The molecule has 0 aliphatic rings. The molecule has 0 aromatic heterocycles. The Morgan fingerprint density at radius 3 is 2.09 bits per heavy atom. The SMILES string of the molecule is O=C(O)c1cc(SC#COc2ccccc2)cc(C(=O)O)c1. The van der Waals surface area contributed by atoms with Crippen molar-refractivity contribution in [3.8, 4) is 17.1 Å².